The number of hydrogen-bond acceptors (Lipinski definition) is 6. The summed E-state index contributed by atoms with van der Waals surface area (Å²) in [5.74, 6) is 1.17. The molecule has 1 aromatic heterocycles. The van der Waals surface area contributed by atoms with Crippen molar-refractivity contribution in [2.24, 2.45) is 0 Å². The summed E-state index contributed by atoms with van der Waals surface area (Å²) in [6, 6.07) is -0.854. The Morgan fingerprint density at radius 3 is 2.70 bits per heavy atom. The van der Waals surface area contributed by atoms with Crippen LogP contribution in [0.4, 0.5) is 0 Å². The van der Waals surface area contributed by atoms with Gasteiger partial charge in [-0.25, -0.2) is 4.79 Å². The first kappa shape index (κ1) is 16.5. The van der Waals surface area contributed by atoms with Gasteiger partial charge in [-0.1, -0.05) is 20.8 Å². The molecule has 0 aliphatic rings. The van der Waals surface area contributed by atoms with Crippen molar-refractivity contribution in [2.75, 3.05) is 5.75 Å². The molecule has 1 aromatic rings. The summed E-state index contributed by atoms with van der Waals surface area (Å²) >= 11 is 1.49. The van der Waals surface area contributed by atoms with Gasteiger partial charge in [0.25, 0.3) is 0 Å². The summed E-state index contributed by atoms with van der Waals surface area (Å²) in [4.78, 5) is 21.1. The van der Waals surface area contributed by atoms with E-state index in [-0.39, 0.29) is 5.41 Å². The Morgan fingerprint density at radius 1 is 1.50 bits per heavy atom. The van der Waals surface area contributed by atoms with Crippen molar-refractivity contribution >= 4 is 24.1 Å². The molecule has 0 fully saturated rings. The number of aliphatic carboxylic acids is 1. The third-order valence-corrected chi connectivity index (χ3v) is 3.43. The minimum Gasteiger partial charge on any atom is -0.480 e. The van der Waals surface area contributed by atoms with Crippen molar-refractivity contribution in [3.63, 3.8) is 0 Å². The Morgan fingerprint density at radius 2 is 2.20 bits per heavy atom. The molecule has 7 nitrogen and oxygen atoms in total. The monoisotopic (exact) mass is 301 g/mol. The molecule has 1 amide bonds. The molecule has 1 unspecified atom stereocenters. The molecule has 1 rings (SSSR count). The van der Waals surface area contributed by atoms with Crippen molar-refractivity contribution < 1.29 is 19.1 Å². The summed E-state index contributed by atoms with van der Waals surface area (Å²) in [6.07, 6.45) is 0.746. The van der Waals surface area contributed by atoms with Crippen LogP contribution in [0.2, 0.25) is 0 Å². The minimum absolute atomic E-state index is 0.182. The second-order valence-electron chi connectivity index (χ2n) is 5.27. The molecule has 0 saturated heterocycles. The van der Waals surface area contributed by atoms with E-state index in [1.807, 2.05) is 20.8 Å². The van der Waals surface area contributed by atoms with Crippen LogP contribution in [-0.2, 0) is 20.8 Å². The summed E-state index contributed by atoms with van der Waals surface area (Å²) in [6.45, 7) is 5.96. The number of carbonyl (C=O) groups excluding carboxylic acids is 1. The first-order chi connectivity index (χ1) is 9.34. The Kier molecular flexibility index (Phi) is 6.00. The van der Waals surface area contributed by atoms with E-state index in [0.29, 0.717) is 36.1 Å². The number of carbonyl (C=O) groups is 2. The minimum atomic E-state index is -1.04. The maximum absolute atomic E-state index is 10.8. The number of nitrogens with zero attached hydrogens (tertiary/aromatic N) is 2. The molecule has 0 aromatic carbocycles. The maximum atomic E-state index is 10.8. The molecule has 2 N–H and O–H groups in total. The van der Waals surface area contributed by atoms with E-state index in [4.69, 9.17) is 9.52 Å². The highest BCUT2D eigenvalue weighted by atomic mass is 32.2. The van der Waals surface area contributed by atoms with Crippen molar-refractivity contribution in [1.82, 2.24) is 15.5 Å². The summed E-state index contributed by atoms with van der Waals surface area (Å²) in [5, 5.41) is 19.0. The van der Waals surface area contributed by atoms with Gasteiger partial charge >= 0.3 is 5.97 Å². The van der Waals surface area contributed by atoms with Crippen molar-refractivity contribution in [2.45, 2.75) is 44.4 Å². The fourth-order valence-corrected chi connectivity index (χ4v) is 2.17. The Hall–Kier alpha value is -1.57. The van der Waals surface area contributed by atoms with Gasteiger partial charge in [0.05, 0.1) is 5.75 Å². The van der Waals surface area contributed by atoms with Crippen LogP contribution in [0.15, 0.2) is 4.42 Å². The van der Waals surface area contributed by atoms with Gasteiger partial charge in [0.2, 0.25) is 18.2 Å². The lowest BCUT2D eigenvalue weighted by Crippen LogP contribution is -2.36. The number of carboxylic acid groups (broad SMARTS) is 1. The molecule has 1 atom stereocenters. The topological polar surface area (TPSA) is 105 Å². The van der Waals surface area contributed by atoms with Crippen molar-refractivity contribution in [3.05, 3.63) is 11.8 Å². The van der Waals surface area contributed by atoms with Gasteiger partial charge in [-0.15, -0.1) is 10.2 Å². The number of hydrogen-bond donors (Lipinski definition) is 2. The molecule has 112 valence electrons. The van der Waals surface area contributed by atoms with Gasteiger partial charge in [0.1, 0.15) is 6.04 Å². The van der Waals surface area contributed by atoms with Crippen LogP contribution in [0, 0.1) is 0 Å². The van der Waals surface area contributed by atoms with Crippen LogP contribution in [0.5, 0.6) is 0 Å². The number of thioether (sulfide) groups is 1. The molecule has 1 heterocycles. The van der Waals surface area contributed by atoms with Gasteiger partial charge in [-0.05, 0) is 12.2 Å². The molecule has 0 bridgehead atoms. The summed E-state index contributed by atoms with van der Waals surface area (Å²) in [5.41, 5.74) is -0.182. The Labute approximate surface area is 121 Å². The molecule has 0 aliphatic carbocycles. The van der Waals surface area contributed by atoms with Crippen LogP contribution in [0.25, 0.3) is 0 Å². The molecular formula is C12H19N3O4S. The fourth-order valence-electron chi connectivity index (χ4n) is 1.34. The van der Waals surface area contributed by atoms with Gasteiger partial charge in [-0.3, -0.25) is 4.79 Å². The Balaban J connectivity index is 2.35. The van der Waals surface area contributed by atoms with Gasteiger partial charge in [0, 0.05) is 5.41 Å². The predicted molar refractivity (Wildman–Crippen MR) is 74.4 cm³/mol. The fraction of sp³-hybridized carbons (Fsp3) is 0.667. The number of nitrogens with one attached hydrogen (secondary N) is 1. The van der Waals surface area contributed by atoms with E-state index in [1.165, 1.54) is 11.8 Å². The number of carboxylic acids is 1. The first-order valence-electron chi connectivity index (χ1n) is 6.17. The number of amides is 1. The lowest BCUT2D eigenvalue weighted by molar-refractivity contribution is -0.140. The summed E-state index contributed by atoms with van der Waals surface area (Å²) < 4.78 is 5.52. The van der Waals surface area contributed by atoms with E-state index < -0.39 is 12.0 Å². The number of aromatic nitrogens is 2. The van der Waals surface area contributed by atoms with Crippen molar-refractivity contribution in [3.8, 4) is 0 Å². The normalized spacial score (nSPS) is 12.9. The van der Waals surface area contributed by atoms with Crippen LogP contribution >= 0.6 is 11.8 Å². The molecule has 8 heteroatoms. The number of rotatable bonds is 8. The van der Waals surface area contributed by atoms with Gasteiger partial charge < -0.3 is 14.8 Å². The zero-order valence-electron chi connectivity index (χ0n) is 11.8. The van der Waals surface area contributed by atoms with Gasteiger partial charge in [0.15, 0.2) is 0 Å². The van der Waals surface area contributed by atoms with Crippen molar-refractivity contribution in [1.29, 1.82) is 0 Å². The highest BCUT2D eigenvalue weighted by Crippen LogP contribution is 2.22. The van der Waals surface area contributed by atoms with Gasteiger partial charge in [-0.2, -0.15) is 11.8 Å². The largest absolute Gasteiger partial charge is 0.480 e. The molecule has 20 heavy (non-hydrogen) atoms. The third kappa shape index (κ3) is 5.20. The van der Waals surface area contributed by atoms with Crippen LogP contribution < -0.4 is 5.32 Å². The highest BCUT2D eigenvalue weighted by Gasteiger charge is 2.21. The smallest absolute Gasteiger partial charge is 0.326 e. The quantitative estimate of drug-likeness (QED) is 0.548. The lowest BCUT2D eigenvalue weighted by Gasteiger charge is -2.11. The average Bonchev–Trinajstić information content (AvgIpc) is 2.81. The predicted octanol–water partition coefficient (Wildman–Crippen LogP) is 1.19. The van der Waals surface area contributed by atoms with Crippen LogP contribution in [0.3, 0.4) is 0 Å². The molecule has 0 radical (unpaired) electrons. The first-order valence-corrected chi connectivity index (χ1v) is 7.33. The van der Waals surface area contributed by atoms with E-state index in [1.54, 1.807) is 0 Å². The standard InChI is InChI=1S/C12H19N3O4S/c1-12(2,3)11-15-14-9(19-11)6-20-5-4-8(10(17)18)13-7-16/h7-8H,4-6H2,1-3H3,(H,13,16)(H,17,18). The van der Waals surface area contributed by atoms with E-state index in [0.717, 1.165) is 0 Å². The molecular weight excluding hydrogens is 282 g/mol. The van der Waals surface area contributed by atoms with E-state index in [2.05, 4.69) is 15.5 Å². The second-order valence-corrected chi connectivity index (χ2v) is 6.37. The Bertz CT molecular complexity index is 456. The molecule has 0 aliphatic heterocycles. The maximum Gasteiger partial charge on any atom is 0.326 e. The van der Waals surface area contributed by atoms with Crippen LogP contribution in [0.1, 0.15) is 39.0 Å². The molecule has 0 spiro atoms. The average molecular weight is 301 g/mol. The van der Waals surface area contributed by atoms with E-state index >= 15 is 0 Å². The highest BCUT2D eigenvalue weighted by molar-refractivity contribution is 7.98. The van der Waals surface area contributed by atoms with E-state index in [9.17, 15) is 9.59 Å². The summed E-state index contributed by atoms with van der Waals surface area (Å²) in [7, 11) is 0. The lowest BCUT2D eigenvalue weighted by atomic mass is 9.97. The third-order valence-electron chi connectivity index (χ3n) is 2.45. The second kappa shape index (κ2) is 7.28. The SMILES string of the molecule is CC(C)(C)c1nnc(CSCCC(NC=O)C(=O)O)o1. The van der Waals surface area contributed by atoms with Crippen LogP contribution in [-0.4, -0.2) is 39.5 Å². The zero-order valence-corrected chi connectivity index (χ0v) is 12.6. The molecule has 0 saturated carbocycles. The zero-order chi connectivity index (χ0) is 15.2.